The molecule has 2 unspecified atom stereocenters. The lowest BCUT2D eigenvalue weighted by molar-refractivity contribution is -0.247. The molecule has 300 valence electrons. The van der Waals surface area contributed by atoms with Gasteiger partial charge in [0, 0.05) is 35.5 Å². The molecule has 0 radical (unpaired) electrons. The summed E-state index contributed by atoms with van der Waals surface area (Å²) in [6.45, 7) is 14.5. The molecule has 11 heteroatoms. The lowest BCUT2D eigenvalue weighted by atomic mass is 9.39. The second-order valence-electron chi connectivity index (χ2n) is 19.1. The van der Waals surface area contributed by atoms with Crippen molar-refractivity contribution >= 4 is 49.3 Å². The summed E-state index contributed by atoms with van der Waals surface area (Å²) in [6.07, 6.45) is 8.71. The average Bonchev–Trinajstić information content (AvgIpc) is 3.72. The summed E-state index contributed by atoms with van der Waals surface area (Å²) in [4.78, 5) is 36.9. The number of para-hydroxylation sites is 1. The molecule has 4 aliphatic rings. The average molecular weight is 797 g/mol. The van der Waals surface area contributed by atoms with Gasteiger partial charge in [0.2, 0.25) is 0 Å². The van der Waals surface area contributed by atoms with Gasteiger partial charge >= 0.3 is 5.97 Å². The standard InChI is InChI=1S/C47H52N6O4S/c1-29-35(21-49-53(29)28-46-23-44(5)22-45(6,24-46)26-47(25-44,27-46)56-18-17-48)33-19-30-11-9-12-31(40(54)52-42-51-37-13-7-8-16-39(37)58-42)32(30)20-34(33)36-14-10-15-38(50-36)41(55)57-43(2,3)4/h7-16,19-21H,17-18,22-28,48H2,1-6H3,(H,51,52,54). The molecule has 4 fully saturated rings. The van der Waals surface area contributed by atoms with Crippen LogP contribution in [-0.4, -0.2) is 56.0 Å². The molecule has 0 spiro atoms. The number of anilines is 1. The van der Waals surface area contributed by atoms with Crippen molar-refractivity contribution in [3.8, 4) is 22.4 Å². The first-order valence-electron chi connectivity index (χ1n) is 20.4. The summed E-state index contributed by atoms with van der Waals surface area (Å²) >= 11 is 1.44. The SMILES string of the molecule is Cc1c(-c2cc3cccc(C(=O)Nc4nc5ccccc5s4)c3cc2-c2cccc(C(=O)OC(C)(C)C)n2)cnn1CC12CC3(C)CC(C)(C1)CC(OCCN)(C3)C2. The van der Waals surface area contributed by atoms with Crippen LogP contribution in [0.25, 0.3) is 43.4 Å². The third-order valence-corrected chi connectivity index (χ3v) is 13.4. The van der Waals surface area contributed by atoms with Crippen LogP contribution in [0.1, 0.15) is 99.7 Å². The first-order valence-corrected chi connectivity index (χ1v) is 21.2. The number of pyridine rings is 1. The van der Waals surface area contributed by atoms with Crippen molar-refractivity contribution in [2.24, 2.45) is 22.0 Å². The Morgan fingerprint density at radius 1 is 0.879 bits per heavy atom. The summed E-state index contributed by atoms with van der Waals surface area (Å²) in [5.41, 5.74) is 11.5. The molecular weight excluding hydrogens is 745 g/mol. The Morgan fingerprint density at radius 2 is 1.64 bits per heavy atom. The predicted molar refractivity (Wildman–Crippen MR) is 230 cm³/mol. The quantitative estimate of drug-likeness (QED) is 0.131. The van der Waals surface area contributed by atoms with Crippen molar-refractivity contribution in [1.29, 1.82) is 0 Å². The summed E-state index contributed by atoms with van der Waals surface area (Å²) in [5, 5.41) is 10.3. The van der Waals surface area contributed by atoms with Gasteiger partial charge in [0.25, 0.3) is 5.91 Å². The summed E-state index contributed by atoms with van der Waals surface area (Å²) in [6, 6.07) is 23.2. The van der Waals surface area contributed by atoms with Gasteiger partial charge in [-0.3, -0.25) is 14.8 Å². The van der Waals surface area contributed by atoms with E-state index in [0.717, 1.165) is 82.0 Å². The Morgan fingerprint density at radius 3 is 2.38 bits per heavy atom. The number of amides is 1. The number of carbonyl (C=O) groups is 2. The van der Waals surface area contributed by atoms with E-state index < -0.39 is 11.6 Å². The highest BCUT2D eigenvalue weighted by Crippen LogP contribution is 2.72. The third kappa shape index (κ3) is 7.11. The van der Waals surface area contributed by atoms with E-state index in [0.29, 0.717) is 29.5 Å². The molecule has 4 saturated carbocycles. The van der Waals surface area contributed by atoms with Crippen LogP contribution < -0.4 is 11.1 Å². The minimum atomic E-state index is -0.679. The fourth-order valence-electron chi connectivity index (χ4n) is 11.7. The predicted octanol–water partition coefficient (Wildman–Crippen LogP) is 9.99. The molecule has 58 heavy (non-hydrogen) atoms. The summed E-state index contributed by atoms with van der Waals surface area (Å²) in [7, 11) is 0. The van der Waals surface area contributed by atoms with Gasteiger partial charge in [-0.1, -0.05) is 55.5 Å². The molecule has 3 heterocycles. The van der Waals surface area contributed by atoms with E-state index in [1.165, 1.54) is 17.8 Å². The van der Waals surface area contributed by atoms with Gasteiger partial charge in [0.15, 0.2) is 5.13 Å². The zero-order valence-electron chi connectivity index (χ0n) is 34.3. The maximum atomic E-state index is 14.0. The Bertz CT molecular complexity index is 2550. The Kier molecular flexibility index (Phi) is 9.18. The van der Waals surface area contributed by atoms with Crippen molar-refractivity contribution in [2.75, 3.05) is 18.5 Å². The van der Waals surface area contributed by atoms with Crippen molar-refractivity contribution in [1.82, 2.24) is 19.7 Å². The molecule has 4 aliphatic carbocycles. The van der Waals surface area contributed by atoms with E-state index in [1.54, 1.807) is 6.07 Å². The maximum absolute atomic E-state index is 14.0. The molecule has 6 aromatic rings. The Hall–Kier alpha value is -4.97. The van der Waals surface area contributed by atoms with Crippen LogP contribution in [0.5, 0.6) is 0 Å². The van der Waals surface area contributed by atoms with Crippen molar-refractivity contribution in [3.63, 3.8) is 0 Å². The third-order valence-electron chi connectivity index (χ3n) is 12.5. The smallest absolute Gasteiger partial charge is 0.357 e. The molecule has 3 aromatic carbocycles. The number of aromatic nitrogens is 4. The number of hydrogen-bond donors (Lipinski definition) is 2. The highest BCUT2D eigenvalue weighted by Gasteiger charge is 2.66. The summed E-state index contributed by atoms with van der Waals surface area (Å²) < 4.78 is 15.6. The van der Waals surface area contributed by atoms with Crippen LogP contribution >= 0.6 is 11.3 Å². The second-order valence-corrected chi connectivity index (χ2v) is 20.1. The molecule has 2 atom stereocenters. The van der Waals surface area contributed by atoms with Gasteiger partial charge in [-0.25, -0.2) is 14.8 Å². The van der Waals surface area contributed by atoms with Gasteiger partial charge in [0.05, 0.1) is 34.3 Å². The number of ether oxygens (including phenoxy) is 2. The fraction of sp³-hybridized carbons (Fsp3) is 0.426. The van der Waals surface area contributed by atoms with E-state index in [9.17, 15) is 9.59 Å². The zero-order valence-corrected chi connectivity index (χ0v) is 35.1. The first kappa shape index (κ1) is 38.5. The number of nitrogens with two attached hydrogens (primary N) is 1. The fourth-order valence-corrected chi connectivity index (χ4v) is 12.6. The zero-order chi connectivity index (χ0) is 40.7. The number of nitrogens with one attached hydrogen (secondary N) is 1. The number of rotatable bonds is 10. The van der Waals surface area contributed by atoms with Crippen molar-refractivity contribution in [2.45, 2.75) is 97.8 Å². The minimum absolute atomic E-state index is 0.0575. The lowest BCUT2D eigenvalue weighted by Gasteiger charge is -2.69. The van der Waals surface area contributed by atoms with Crippen LogP contribution in [0.4, 0.5) is 5.13 Å². The monoisotopic (exact) mass is 796 g/mol. The molecule has 0 aliphatic heterocycles. The normalized spacial score (nSPS) is 25.1. The molecule has 10 nitrogen and oxygen atoms in total. The van der Waals surface area contributed by atoms with Gasteiger partial charge in [-0.05, 0) is 141 Å². The van der Waals surface area contributed by atoms with Crippen molar-refractivity contribution in [3.05, 3.63) is 95.9 Å². The van der Waals surface area contributed by atoms with Crippen LogP contribution in [0, 0.1) is 23.2 Å². The van der Waals surface area contributed by atoms with Gasteiger partial charge in [-0.15, -0.1) is 0 Å². The molecule has 10 rings (SSSR count). The van der Waals surface area contributed by atoms with E-state index >= 15 is 0 Å². The highest BCUT2D eigenvalue weighted by atomic mass is 32.1. The Balaban J connectivity index is 1.13. The number of carbonyl (C=O) groups excluding carboxylic acids is 2. The summed E-state index contributed by atoms with van der Waals surface area (Å²) in [5.74, 6) is -0.753. The number of hydrogen-bond acceptors (Lipinski definition) is 9. The molecule has 4 bridgehead atoms. The molecule has 0 saturated heterocycles. The van der Waals surface area contributed by atoms with Crippen molar-refractivity contribution < 1.29 is 19.1 Å². The number of benzene rings is 3. The molecule has 1 amide bonds. The van der Waals surface area contributed by atoms with Crippen LogP contribution in [0.2, 0.25) is 0 Å². The molecular formula is C47H52N6O4S. The number of fused-ring (bicyclic) bond motifs is 2. The lowest BCUT2D eigenvalue weighted by Crippen LogP contribution is -2.64. The number of thiazole rings is 1. The topological polar surface area (TPSA) is 134 Å². The second kappa shape index (κ2) is 13.8. The number of nitrogens with zero attached hydrogens (tertiary/aromatic N) is 4. The highest BCUT2D eigenvalue weighted by molar-refractivity contribution is 7.22. The van der Waals surface area contributed by atoms with E-state index in [4.69, 9.17) is 25.3 Å². The van der Waals surface area contributed by atoms with Gasteiger partial charge in [-0.2, -0.15) is 5.10 Å². The first-order chi connectivity index (χ1) is 27.6. The molecule has 3 aromatic heterocycles. The minimum Gasteiger partial charge on any atom is -0.455 e. The van der Waals surface area contributed by atoms with Crippen LogP contribution in [0.15, 0.2) is 79.0 Å². The molecule has 3 N–H and O–H groups in total. The van der Waals surface area contributed by atoms with Crippen LogP contribution in [-0.2, 0) is 16.0 Å². The Labute approximate surface area is 343 Å². The largest absolute Gasteiger partial charge is 0.455 e. The van der Waals surface area contributed by atoms with E-state index in [1.807, 2.05) is 87.6 Å². The van der Waals surface area contributed by atoms with E-state index in [2.05, 4.69) is 41.8 Å². The van der Waals surface area contributed by atoms with Gasteiger partial charge < -0.3 is 15.2 Å². The van der Waals surface area contributed by atoms with Crippen LogP contribution in [0.3, 0.4) is 0 Å². The maximum Gasteiger partial charge on any atom is 0.357 e. The van der Waals surface area contributed by atoms with E-state index in [-0.39, 0.29) is 33.4 Å². The number of esters is 1. The van der Waals surface area contributed by atoms with Gasteiger partial charge in [0.1, 0.15) is 11.3 Å².